The van der Waals surface area contributed by atoms with Crippen LogP contribution in [0.15, 0.2) is 18.9 Å². The van der Waals surface area contributed by atoms with Crippen LogP contribution in [-0.2, 0) is 22.5 Å². The molecule has 0 aliphatic carbocycles. The van der Waals surface area contributed by atoms with E-state index in [4.69, 9.17) is 4.74 Å². The zero-order valence-corrected chi connectivity index (χ0v) is 13.9. The van der Waals surface area contributed by atoms with Gasteiger partial charge in [0.25, 0.3) is 5.91 Å². The van der Waals surface area contributed by atoms with Crippen LogP contribution in [0.4, 0.5) is 0 Å². The summed E-state index contributed by atoms with van der Waals surface area (Å²) >= 11 is 0. The Hall–Kier alpha value is -2.15. The van der Waals surface area contributed by atoms with Crippen LogP contribution >= 0.6 is 0 Å². The molecule has 0 aliphatic rings. The molecule has 0 aromatic carbocycles. The van der Waals surface area contributed by atoms with Crippen LogP contribution in [0, 0.1) is 5.92 Å². The zero-order valence-electron chi connectivity index (χ0n) is 13.9. The summed E-state index contributed by atoms with van der Waals surface area (Å²) < 4.78 is 6.92. The first-order valence-corrected chi connectivity index (χ1v) is 7.67. The van der Waals surface area contributed by atoms with Gasteiger partial charge in [-0.15, -0.1) is 6.58 Å². The molecule has 1 rings (SSSR count). The predicted octanol–water partition coefficient (Wildman–Crippen LogP) is 1.49. The lowest BCUT2D eigenvalue weighted by Crippen LogP contribution is -2.44. The fourth-order valence-electron chi connectivity index (χ4n) is 2.16. The fraction of sp³-hybridized carbons (Fsp3) is 0.562. The minimum Gasteiger partial charge on any atom is -0.480 e. The lowest BCUT2D eigenvalue weighted by molar-refractivity contribution is -0.140. The van der Waals surface area contributed by atoms with Gasteiger partial charge in [-0.2, -0.15) is 5.10 Å². The smallest absolute Gasteiger partial charge is 0.328 e. The largest absolute Gasteiger partial charge is 0.480 e. The zero-order chi connectivity index (χ0) is 17.4. The predicted molar refractivity (Wildman–Crippen MR) is 86.3 cm³/mol. The number of carbonyl (C=O) groups excluding carboxylic acids is 1. The first-order chi connectivity index (χ1) is 10.9. The molecule has 128 valence electrons. The van der Waals surface area contributed by atoms with Crippen LogP contribution in [0.5, 0.6) is 0 Å². The van der Waals surface area contributed by atoms with Crippen LogP contribution in [0.1, 0.15) is 36.8 Å². The normalized spacial score (nSPS) is 12.2. The minimum atomic E-state index is -1.14. The lowest BCUT2D eigenvalue weighted by Gasteiger charge is -2.15. The Balaban J connectivity index is 2.84. The average Bonchev–Trinajstić information content (AvgIpc) is 2.88. The average molecular weight is 323 g/mol. The van der Waals surface area contributed by atoms with Gasteiger partial charge >= 0.3 is 5.97 Å². The van der Waals surface area contributed by atoms with Crippen molar-refractivity contribution in [2.24, 2.45) is 5.92 Å². The first kappa shape index (κ1) is 18.9. The molecule has 0 fully saturated rings. The molecule has 1 unspecified atom stereocenters. The Bertz CT molecular complexity index is 552. The van der Waals surface area contributed by atoms with Crippen molar-refractivity contribution in [2.75, 3.05) is 13.2 Å². The Morgan fingerprint density at radius 2 is 2.22 bits per heavy atom. The van der Waals surface area contributed by atoms with E-state index in [0.717, 1.165) is 5.69 Å². The van der Waals surface area contributed by atoms with Gasteiger partial charge in [-0.25, -0.2) is 4.79 Å². The quantitative estimate of drug-likeness (QED) is 0.502. The van der Waals surface area contributed by atoms with E-state index < -0.39 is 17.9 Å². The Morgan fingerprint density at radius 3 is 2.74 bits per heavy atom. The van der Waals surface area contributed by atoms with Crippen molar-refractivity contribution in [3.05, 3.63) is 30.1 Å². The number of rotatable bonds is 10. The van der Waals surface area contributed by atoms with Gasteiger partial charge in [0.1, 0.15) is 0 Å². The number of ether oxygens (including phenoxy) is 1. The second-order valence-corrected chi connectivity index (χ2v) is 5.62. The summed E-state index contributed by atoms with van der Waals surface area (Å²) in [5, 5.41) is 15.9. The number of aliphatic carboxylic acids is 1. The maximum atomic E-state index is 12.4. The van der Waals surface area contributed by atoms with Crippen molar-refractivity contribution in [1.82, 2.24) is 15.1 Å². The second kappa shape index (κ2) is 9.09. The monoisotopic (exact) mass is 323 g/mol. The Kier molecular flexibility index (Phi) is 7.47. The molecule has 0 bridgehead atoms. The number of carboxylic acids is 1. The van der Waals surface area contributed by atoms with E-state index >= 15 is 0 Å². The third-order valence-electron chi connectivity index (χ3n) is 3.19. The molecule has 1 aromatic rings. The van der Waals surface area contributed by atoms with E-state index in [1.807, 2.05) is 6.92 Å². The summed E-state index contributed by atoms with van der Waals surface area (Å²) in [7, 11) is 0. The van der Waals surface area contributed by atoms with Gasteiger partial charge in [0.05, 0.1) is 30.7 Å². The van der Waals surface area contributed by atoms with E-state index in [2.05, 4.69) is 30.8 Å². The molecule has 1 heterocycles. The molecule has 0 saturated carbocycles. The van der Waals surface area contributed by atoms with Gasteiger partial charge in [0.2, 0.25) is 0 Å². The van der Waals surface area contributed by atoms with Gasteiger partial charge in [0, 0.05) is 6.54 Å². The molecule has 1 amide bonds. The molecule has 2 N–H and O–H groups in total. The van der Waals surface area contributed by atoms with Crippen LogP contribution in [-0.4, -0.2) is 46.0 Å². The minimum absolute atomic E-state index is 0.116. The van der Waals surface area contributed by atoms with Crippen molar-refractivity contribution in [3.63, 3.8) is 0 Å². The first-order valence-electron chi connectivity index (χ1n) is 7.67. The summed E-state index contributed by atoms with van der Waals surface area (Å²) in [5.74, 6) is -1.20. The standard InChI is InChI=1S/C16H25N3O4/c1-5-7-23-10-13(16(21)22)18-15(20)12-8-17-19(9-11(3)4)14(12)6-2/h5,8,11,13H,1,6-7,9-10H2,2-4H3,(H,18,20)(H,21,22). The van der Waals surface area contributed by atoms with E-state index in [1.54, 1.807) is 4.68 Å². The molecule has 7 heteroatoms. The van der Waals surface area contributed by atoms with Gasteiger partial charge in [0.15, 0.2) is 6.04 Å². The number of aromatic nitrogens is 2. The van der Waals surface area contributed by atoms with Crippen molar-refractivity contribution in [3.8, 4) is 0 Å². The molecular weight excluding hydrogens is 298 g/mol. The number of carbonyl (C=O) groups is 2. The lowest BCUT2D eigenvalue weighted by atomic mass is 10.1. The van der Waals surface area contributed by atoms with Gasteiger partial charge in [-0.3, -0.25) is 9.48 Å². The van der Waals surface area contributed by atoms with E-state index in [-0.39, 0.29) is 13.2 Å². The van der Waals surface area contributed by atoms with Crippen molar-refractivity contribution in [1.29, 1.82) is 0 Å². The van der Waals surface area contributed by atoms with E-state index in [9.17, 15) is 14.7 Å². The fourth-order valence-corrected chi connectivity index (χ4v) is 2.16. The van der Waals surface area contributed by atoms with Gasteiger partial charge in [-0.05, 0) is 12.3 Å². The molecule has 0 saturated heterocycles. The summed E-state index contributed by atoms with van der Waals surface area (Å²) in [4.78, 5) is 23.6. The van der Waals surface area contributed by atoms with E-state index in [1.165, 1.54) is 12.3 Å². The van der Waals surface area contributed by atoms with Crippen molar-refractivity contribution in [2.45, 2.75) is 39.8 Å². The number of hydrogen-bond acceptors (Lipinski definition) is 4. The number of nitrogens with one attached hydrogen (secondary N) is 1. The molecular formula is C16H25N3O4. The van der Waals surface area contributed by atoms with Crippen LogP contribution in [0.3, 0.4) is 0 Å². The third-order valence-corrected chi connectivity index (χ3v) is 3.19. The number of amides is 1. The molecule has 7 nitrogen and oxygen atoms in total. The number of nitrogens with zero attached hydrogens (tertiary/aromatic N) is 2. The Morgan fingerprint density at radius 1 is 1.52 bits per heavy atom. The summed E-state index contributed by atoms with van der Waals surface area (Å²) in [6.45, 7) is 10.4. The third kappa shape index (κ3) is 5.52. The highest BCUT2D eigenvalue weighted by molar-refractivity contribution is 5.97. The molecule has 1 aromatic heterocycles. The molecule has 23 heavy (non-hydrogen) atoms. The van der Waals surface area contributed by atoms with E-state index in [0.29, 0.717) is 24.4 Å². The molecule has 0 spiro atoms. The van der Waals surface area contributed by atoms with Crippen molar-refractivity contribution >= 4 is 11.9 Å². The van der Waals surface area contributed by atoms with Gasteiger partial charge in [-0.1, -0.05) is 26.8 Å². The van der Waals surface area contributed by atoms with Crippen LogP contribution in [0.2, 0.25) is 0 Å². The molecule has 0 radical (unpaired) electrons. The highest BCUT2D eigenvalue weighted by atomic mass is 16.5. The molecule has 1 atom stereocenters. The van der Waals surface area contributed by atoms with Crippen LogP contribution < -0.4 is 5.32 Å². The second-order valence-electron chi connectivity index (χ2n) is 5.62. The molecule has 0 aliphatic heterocycles. The topological polar surface area (TPSA) is 93.5 Å². The van der Waals surface area contributed by atoms with Gasteiger partial charge < -0.3 is 15.2 Å². The highest BCUT2D eigenvalue weighted by Crippen LogP contribution is 2.12. The Labute approximate surface area is 136 Å². The summed E-state index contributed by atoms with van der Waals surface area (Å²) in [6, 6.07) is -1.11. The SMILES string of the molecule is C=CCOCC(NC(=O)c1cnn(CC(C)C)c1CC)C(=O)O. The summed E-state index contributed by atoms with van der Waals surface area (Å²) in [6.07, 6.45) is 3.64. The summed E-state index contributed by atoms with van der Waals surface area (Å²) in [5.41, 5.74) is 1.20. The highest BCUT2D eigenvalue weighted by Gasteiger charge is 2.24. The number of carboxylic acid groups (broad SMARTS) is 1. The van der Waals surface area contributed by atoms with Crippen LogP contribution in [0.25, 0.3) is 0 Å². The van der Waals surface area contributed by atoms with Crippen molar-refractivity contribution < 1.29 is 19.4 Å². The maximum Gasteiger partial charge on any atom is 0.328 e. The maximum absolute atomic E-state index is 12.4. The number of hydrogen-bond donors (Lipinski definition) is 2.